The SMILES string of the molecule is COCC(C)Nc1ncnc(NNC(=O)c2ccc(F)cc2)c1N. The van der Waals surface area contributed by atoms with Crippen molar-refractivity contribution in [2.24, 2.45) is 0 Å². The third kappa shape index (κ3) is 4.53. The molecule has 0 aliphatic rings. The number of amides is 1. The van der Waals surface area contributed by atoms with Gasteiger partial charge in [0.15, 0.2) is 11.6 Å². The van der Waals surface area contributed by atoms with Crippen molar-refractivity contribution in [1.29, 1.82) is 0 Å². The molecule has 1 aromatic carbocycles. The van der Waals surface area contributed by atoms with Gasteiger partial charge in [0.2, 0.25) is 0 Å². The van der Waals surface area contributed by atoms with Crippen molar-refractivity contribution < 1.29 is 13.9 Å². The number of nitrogens with zero attached hydrogens (tertiary/aromatic N) is 2. The van der Waals surface area contributed by atoms with E-state index < -0.39 is 11.7 Å². The normalized spacial score (nSPS) is 11.6. The van der Waals surface area contributed by atoms with Crippen LogP contribution in [0, 0.1) is 5.82 Å². The average molecular weight is 334 g/mol. The van der Waals surface area contributed by atoms with E-state index in [1.807, 2.05) is 6.92 Å². The summed E-state index contributed by atoms with van der Waals surface area (Å²) in [6.45, 7) is 2.39. The van der Waals surface area contributed by atoms with Crippen LogP contribution in [-0.4, -0.2) is 35.6 Å². The van der Waals surface area contributed by atoms with Crippen LogP contribution in [-0.2, 0) is 4.74 Å². The van der Waals surface area contributed by atoms with Gasteiger partial charge in [-0.25, -0.2) is 14.4 Å². The minimum atomic E-state index is -0.449. The molecule has 24 heavy (non-hydrogen) atoms. The number of halogens is 1. The number of ether oxygens (including phenoxy) is 1. The molecule has 8 nitrogen and oxygen atoms in total. The molecular formula is C15H19FN6O2. The highest BCUT2D eigenvalue weighted by molar-refractivity contribution is 5.95. The molecule has 5 N–H and O–H groups in total. The number of nitrogens with two attached hydrogens (primary N) is 1. The number of nitrogens with one attached hydrogen (secondary N) is 3. The predicted octanol–water partition coefficient (Wildman–Crippen LogP) is 1.40. The molecule has 1 aromatic heterocycles. The zero-order chi connectivity index (χ0) is 17.5. The smallest absolute Gasteiger partial charge is 0.269 e. The number of anilines is 3. The molecule has 1 unspecified atom stereocenters. The molecular weight excluding hydrogens is 315 g/mol. The number of carbonyl (C=O) groups is 1. The summed E-state index contributed by atoms with van der Waals surface area (Å²) in [5, 5.41) is 3.08. The number of rotatable bonds is 7. The van der Waals surface area contributed by atoms with Crippen LogP contribution in [0.25, 0.3) is 0 Å². The van der Waals surface area contributed by atoms with Gasteiger partial charge in [-0.3, -0.25) is 15.6 Å². The first-order chi connectivity index (χ1) is 11.5. The van der Waals surface area contributed by atoms with Crippen LogP contribution in [0.4, 0.5) is 21.7 Å². The number of benzene rings is 1. The molecule has 1 amide bonds. The van der Waals surface area contributed by atoms with Gasteiger partial charge in [0.25, 0.3) is 5.91 Å². The Hall–Kier alpha value is -2.94. The maximum Gasteiger partial charge on any atom is 0.269 e. The van der Waals surface area contributed by atoms with Gasteiger partial charge in [-0.1, -0.05) is 0 Å². The molecule has 9 heteroatoms. The van der Waals surface area contributed by atoms with Crippen molar-refractivity contribution >= 4 is 23.2 Å². The fourth-order valence-corrected chi connectivity index (χ4v) is 1.92. The summed E-state index contributed by atoms with van der Waals surface area (Å²) >= 11 is 0. The average Bonchev–Trinajstić information content (AvgIpc) is 2.56. The van der Waals surface area contributed by atoms with Crippen molar-refractivity contribution in [2.45, 2.75) is 13.0 Å². The van der Waals surface area contributed by atoms with E-state index in [0.717, 1.165) is 0 Å². The van der Waals surface area contributed by atoms with E-state index in [4.69, 9.17) is 10.5 Å². The van der Waals surface area contributed by atoms with Crippen LogP contribution in [0.15, 0.2) is 30.6 Å². The highest BCUT2D eigenvalue weighted by atomic mass is 19.1. The largest absolute Gasteiger partial charge is 0.393 e. The zero-order valence-electron chi connectivity index (χ0n) is 13.3. The second kappa shape index (κ2) is 8.06. The predicted molar refractivity (Wildman–Crippen MR) is 88.9 cm³/mol. The number of hydrazine groups is 1. The van der Waals surface area contributed by atoms with E-state index in [2.05, 4.69) is 26.1 Å². The summed E-state index contributed by atoms with van der Waals surface area (Å²) in [6.07, 6.45) is 1.31. The number of hydrogen-bond donors (Lipinski definition) is 4. The zero-order valence-corrected chi connectivity index (χ0v) is 13.3. The minimum Gasteiger partial charge on any atom is -0.393 e. The van der Waals surface area contributed by atoms with Gasteiger partial charge in [0.1, 0.15) is 17.8 Å². The fourth-order valence-electron chi connectivity index (χ4n) is 1.92. The van der Waals surface area contributed by atoms with Crippen LogP contribution < -0.4 is 21.9 Å². The number of carbonyl (C=O) groups excluding carboxylic acids is 1. The summed E-state index contributed by atoms with van der Waals surface area (Å²) in [7, 11) is 1.60. The monoisotopic (exact) mass is 334 g/mol. The Balaban J connectivity index is 2.02. The highest BCUT2D eigenvalue weighted by Gasteiger charge is 2.12. The fraction of sp³-hybridized carbons (Fsp3) is 0.267. The van der Waals surface area contributed by atoms with E-state index >= 15 is 0 Å². The van der Waals surface area contributed by atoms with E-state index in [-0.39, 0.29) is 17.5 Å². The molecule has 0 saturated carbocycles. The van der Waals surface area contributed by atoms with Gasteiger partial charge >= 0.3 is 0 Å². The lowest BCUT2D eigenvalue weighted by molar-refractivity contribution is 0.0962. The second-order valence-corrected chi connectivity index (χ2v) is 5.07. The highest BCUT2D eigenvalue weighted by Crippen LogP contribution is 2.22. The third-order valence-electron chi connectivity index (χ3n) is 3.08. The topological polar surface area (TPSA) is 114 Å². The number of methoxy groups -OCH3 is 1. The maximum atomic E-state index is 12.9. The number of aromatic nitrogens is 2. The number of hydrogen-bond acceptors (Lipinski definition) is 7. The van der Waals surface area contributed by atoms with Gasteiger partial charge in [-0.15, -0.1) is 0 Å². The second-order valence-electron chi connectivity index (χ2n) is 5.07. The molecule has 1 heterocycles. The van der Waals surface area contributed by atoms with Crippen molar-refractivity contribution in [3.63, 3.8) is 0 Å². The molecule has 0 fully saturated rings. The van der Waals surface area contributed by atoms with E-state index in [1.54, 1.807) is 7.11 Å². The summed E-state index contributed by atoms with van der Waals surface area (Å²) in [4.78, 5) is 20.0. The molecule has 0 aliphatic carbocycles. The van der Waals surface area contributed by atoms with Crippen LogP contribution in [0.2, 0.25) is 0 Å². The first-order valence-corrected chi connectivity index (χ1v) is 7.19. The van der Waals surface area contributed by atoms with Crippen LogP contribution >= 0.6 is 0 Å². The Bertz CT molecular complexity index is 695. The molecule has 0 saturated heterocycles. The maximum absolute atomic E-state index is 12.9. The van der Waals surface area contributed by atoms with Crippen LogP contribution in [0.5, 0.6) is 0 Å². The molecule has 2 rings (SSSR count). The summed E-state index contributed by atoms with van der Waals surface area (Å²) in [6, 6.07) is 5.14. The van der Waals surface area contributed by atoms with Crippen molar-refractivity contribution in [3.8, 4) is 0 Å². The van der Waals surface area contributed by atoms with Crippen LogP contribution in [0.1, 0.15) is 17.3 Å². The minimum absolute atomic E-state index is 0.00569. The first-order valence-electron chi connectivity index (χ1n) is 7.19. The van der Waals surface area contributed by atoms with Gasteiger partial charge in [-0.05, 0) is 31.2 Å². The molecule has 128 valence electrons. The van der Waals surface area contributed by atoms with Crippen molar-refractivity contribution in [3.05, 3.63) is 42.0 Å². The molecule has 0 bridgehead atoms. The first kappa shape index (κ1) is 17.4. The van der Waals surface area contributed by atoms with Gasteiger partial charge in [-0.2, -0.15) is 0 Å². The number of nitrogen functional groups attached to an aromatic ring is 1. The molecule has 0 spiro atoms. The summed E-state index contributed by atoms with van der Waals surface area (Å²) in [5.41, 5.74) is 11.6. The van der Waals surface area contributed by atoms with Crippen molar-refractivity contribution in [1.82, 2.24) is 15.4 Å². The van der Waals surface area contributed by atoms with Gasteiger partial charge in [0, 0.05) is 18.7 Å². The third-order valence-corrected chi connectivity index (χ3v) is 3.08. The van der Waals surface area contributed by atoms with Gasteiger partial charge in [0.05, 0.1) is 6.61 Å². The molecule has 2 aromatic rings. The summed E-state index contributed by atoms with van der Waals surface area (Å²) < 4.78 is 17.9. The molecule has 0 aliphatic heterocycles. The standard InChI is InChI=1S/C15H19FN6O2/c1-9(7-24-2)20-13-12(17)14(19-8-18-13)21-22-15(23)10-3-5-11(16)6-4-10/h3-6,8-9H,7,17H2,1-2H3,(H,22,23)(H2,18,19,20,21). The van der Waals surface area contributed by atoms with E-state index in [0.29, 0.717) is 18.0 Å². The molecule has 1 atom stereocenters. The van der Waals surface area contributed by atoms with E-state index in [1.165, 1.54) is 30.6 Å². The van der Waals surface area contributed by atoms with Gasteiger partial charge < -0.3 is 15.8 Å². The Morgan fingerprint density at radius 1 is 1.29 bits per heavy atom. The van der Waals surface area contributed by atoms with Crippen LogP contribution in [0.3, 0.4) is 0 Å². The lowest BCUT2D eigenvalue weighted by atomic mass is 10.2. The van der Waals surface area contributed by atoms with Crippen molar-refractivity contribution in [2.75, 3.05) is 30.2 Å². The lowest BCUT2D eigenvalue weighted by Gasteiger charge is -2.16. The Labute approximate surface area is 138 Å². The Kier molecular flexibility index (Phi) is 5.85. The summed E-state index contributed by atoms with van der Waals surface area (Å²) in [5.74, 6) is -0.198. The quantitative estimate of drug-likeness (QED) is 0.566. The Morgan fingerprint density at radius 3 is 2.62 bits per heavy atom. The Morgan fingerprint density at radius 2 is 1.96 bits per heavy atom. The molecule has 0 radical (unpaired) electrons. The lowest BCUT2D eigenvalue weighted by Crippen LogP contribution is -2.30. The van der Waals surface area contributed by atoms with E-state index in [9.17, 15) is 9.18 Å².